The number of aliphatic hydroxyl groups is 1. The smallest absolute Gasteiger partial charge is 0.0772 e. The van der Waals surface area contributed by atoms with E-state index >= 15 is 0 Å². The first kappa shape index (κ1) is 13.8. The Bertz CT molecular complexity index is 401. The molecule has 0 unspecified atom stereocenters. The van der Waals surface area contributed by atoms with Crippen LogP contribution in [0, 0.1) is 0 Å². The Morgan fingerprint density at radius 1 is 1.39 bits per heavy atom. The van der Waals surface area contributed by atoms with E-state index in [2.05, 4.69) is 33.0 Å². The molecule has 1 aliphatic rings. The van der Waals surface area contributed by atoms with Crippen molar-refractivity contribution >= 4 is 21.6 Å². The number of anilines is 1. The van der Waals surface area contributed by atoms with E-state index in [4.69, 9.17) is 4.74 Å². The Balaban J connectivity index is 2.08. The molecular formula is C14H20BrNO2. The van der Waals surface area contributed by atoms with Crippen molar-refractivity contribution in [2.75, 3.05) is 25.1 Å². The molecule has 1 fully saturated rings. The summed E-state index contributed by atoms with van der Waals surface area (Å²) in [6.07, 6.45) is 2.12. The van der Waals surface area contributed by atoms with Gasteiger partial charge in [0.25, 0.3) is 0 Å². The monoisotopic (exact) mass is 313 g/mol. The van der Waals surface area contributed by atoms with Gasteiger partial charge in [-0.2, -0.15) is 0 Å². The van der Waals surface area contributed by atoms with Crippen molar-refractivity contribution < 1.29 is 9.84 Å². The molecule has 0 radical (unpaired) electrons. The highest BCUT2D eigenvalue weighted by atomic mass is 79.9. The van der Waals surface area contributed by atoms with Crippen molar-refractivity contribution in [3.05, 3.63) is 28.2 Å². The lowest BCUT2D eigenvalue weighted by atomic mass is 10.1. The van der Waals surface area contributed by atoms with Crippen LogP contribution < -0.4 is 4.90 Å². The third kappa shape index (κ3) is 3.05. The SMILES string of the molecule is COC1CCN(c2ccc([C@@H](C)O)c(Br)c2)CC1. The number of ether oxygens (including phenoxy) is 1. The molecule has 3 nitrogen and oxygen atoms in total. The van der Waals surface area contributed by atoms with Crippen LogP contribution in [0.1, 0.15) is 31.4 Å². The number of hydrogen-bond donors (Lipinski definition) is 1. The number of benzene rings is 1. The summed E-state index contributed by atoms with van der Waals surface area (Å²) in [7, 11) is 1.79. The molecule has 4 heteroatoms. The average molecular weight is 314 g/mol. The van der Waals surface area contributed by atoms with Crippen molar-refractivity contribution in [1.82, 2.24) is 0 Å². The summed E-state index contributed by atoms with van der Waals surface area (Å²) in [6, 6.07) is 6.17. The second kappa shape index (κ2) is 6.04. The van der Waals surface area contributed by atoms with Gasteiger partial charge in [-0.3, -0.25) is 0 Å². The summed E-state index contributed by atoms with van der Waals surface area (Å²) < 4.78 is 6.36. The van der Waals surface area contributed by atoms with Crippen LogP contribution in [0.2, 0.25) is 0 Å². The fourth-order valence-corrected chi connectivity index (χ4v) is 3.10. The summed E-state index contributed by atoms with van der Waals surface area (Å²) in [4.78, 5) is 2.37. The number of hydrogen-bond acceptors (Lipinski definition) is 3. The third-order valence-electron chi connectivity index (χ3n) is 3.57. The zero-order valence-electron chi connectivity index (χ0n) is 10.9. The minimum atomic E-state index is -0.437. The van der Waals surface area contributed by atoms with Gasteiger partial charge in [-0.15, -0.1) is 0 Å². The van der Waals surface area contributed by atoms with Crippen LogP contribution in [0.5, 0.6) is 0 Å². The zero-order valence-corrected chi connectivity index (χ0v) is 12.5. The Hall–Kier alpha value is -0.580. The average Bonchev–Trinajstić information content (AvgIpc) is 2.38. The summed E-state index contributed by atoms with van der Waals surface area (Å²) in [5.41, 5.74) is 2.14. The summed E-state index contributed by atoms with van der Waals surface area (Å²) in [5, 5.41) is 9.61. The van der Waals surface area contributed by atoms with Gasteiger partial charge in [0, 0.05) is 30.4 Å². The molecule has 0 bridgehead atoms. The van der Waals surface area contributed by atoms with E-state index in [9.17, 15) is 5.11 Å². The van der Waals surface area contributed by atoms with Gasteiger partial charge < -0.3 is 14.7 Å². The van der Waals surface area contributed by atoms with Gasteiger partial charge in [-0.05, 0) is 37.5 Å². The topological polar surface area (TPSA) is 32.7 Å². The standard InChI is InChI=1S/C14H20BrNO2/c1-10(17)13-4-3-11(9-14(13)15)16-7-5-12(18-2)6-8-16/h3-4,9-10,12,17H,5-8H2,1-2H3/t10-/m1/s1. The Morgan fingerprint density at radius 3 is 2.56 bits per heavy atom. The summed E-state index contributed by atoms with van der Waals surface area (Å²) >= 11 is 3.53. The van der Waals surface area contributed by atoms with E-state index in [0.717, 1.165) is 36.0 Å². The van der Waals surface area contributed by atoms with Crippen molar-refractivity contribution in [2.45, 2.75) is 32.0 Å². The second-order valence-corrected chi connectivity index (χ2v) is 5.66. The molecule has 2 rings (SSSR count). The molecule has 1 saturated heterocycles. The van der Waals surface area contributed by atoms with Crippen molar-refractivity contribution in [1.29, 1.82) is 0 Å². The molecule has 1 atom stereocenters. The highest BCUT2D eigenvalue weighted by Gasteiger charge is 2.19. The van der Waals surface area contributed by atoms with Crippen LogP contribution in [0.4, 0.5) is 5.69 Å². The van der Waals surface area contributed by atoms with E-state index in [-0.39, 0.29) is 0 Å². The molecule has 1 aliphatic heterocycles. The minimum absolute atomic E-state index is 0.404. The van der Waals surface area contributed by atoms with Gasteiger partial charge >= 0.3 is 0 Å². The first-order valence-corrected chi connectivity index (χ1v) is 7.16. The maximum atomic E-state index is 9.61. The molecule has 0 amide bonds. The molecule has 0 saturated carbocycles. The molecule has 1 heterocycles. The number of methoxy groups -OCH3 is 1. The van der Waals surface area contributed by atoms with Gasteiger partial charge in [0.05, 0.1) is 12.2 Å². The van der Waals surface area contributed by atoms with Gasteiger partial charge in [0.2, 0.25) is 0 Å². The lowest BCUT2D eigenvalue weighted by Gasteiger charge is -2.33. The van der Waals surface area contributed by atoms with E-state index < -0.39 is 6.10 Å². The van der Waals surface area contributed by atoms with Crippen LogP contribution in [0.15, 0.2) is 22.7 Å². The van der Waals surface area contributed by atoms with Crippen LogP contribution >= 0.6 is 15.9 Å². The highest BCUT2D eigenvalue weighted by molar-refractivity contribution is 9.10. The van der Waals surface area contributed by atoms with Crippen LogP contribution in [-0.4, -0.2) is 31.4 Å². The minimum Gasteiger partial charge on any atom is -0.389 e. The van der Waals surface area contributed by atoms with Crippen molar-refractivity contribution in [2.24, 2.45) is 0 Å². The first-order valence-electron chi connectivity index (χ1n) is 6.37. The van der Waals surface area contributed by atoms with Crippen molar-refractivity contribution in [3.63, 3.8) is 0 Å². The normalized spacial score (nSPS) is 19.0. The molecule has 100 valence electrons. The fraction of sp³-hybridized carbons (Fsp3) is 0.571. The quantitative estimate of drug-likeness (QED) is 0.930. The molecule has 0 aliphatic carbocycles. The van der Waals surface area contributed by atoms with Gasteiger partial charge in [-0.1, -0.05) is 22.0 Å². The number of aliphatic hydroxyl groups excluding tert-OH is 1. The van der Waals surface area contributed by atoms with Gasteiger partial charge in [-0.25, -0.2) is 0 Å². The molecule has 18 heavy (non-hydrogen) atoms. The molecule has 0 spiro atoms. The largest absolute Gasteiger partial charge is 0.389 e. The maximum Gasteiger partial charge on any atom is 0.0772 e. The molecule has 0 aromatic heterocycles. The molecule has 1 aromatic rings. The second-order valence-electron chi connectivity index (χ2n) is 4.80. The first-order chi connectivity index (χ1) is 8.61. The van der Waals surface area contributed by atoms with E-state index in [1.807, 2.05) is 6.07 Å². The van der Waals surface area contributed by atoms with Gasteiger partial charge in [0.15, 0.2) is 0 Å². The predicted molar refractivity (Wildman–Crippen MR) is 77.0 cm³/mol. The van der Waals surface area contributed by atoms with Crippen LogP contribution in [0.25, 0.3) is 0 Å². The maximum absolute atomic E-state index is 9.61. The summed E-state index contributed by atoms with van der Waals surface area (Å²) in [5.74, 6) is 0. The molecule has 1 N–H and O–H groups in total. The van der Waals surface area contributed by atoms with Crippen LogP contribution in [0.3, 0.4) is 0 Å². The molecular weight excluding hydrogens is 294 g/mol. The summed E-state index contributed by atoms with van der Waals surface area (Å²) in [6.45, 7) is 3.84. The zero-order chi connectivity index (χ0) is 13.1. The molecule has 1 aromatic carbocycles. The predicted octanol–water partition coefficient (Wildman–Crippen LogP) is 3.12. The van der Waals surface area contributed by atoms with Gasteiger partial charge in [0.1, 0.15) is 0 Å². The number of halogens is 1. The number of nitrogens with zero attached hydrogens (tertiary/aromatic N) is 1. The highest BCUT2D eigenvalue weighted by Crippen LogP contribution is 2.29. The van der Waals surface area contributed by atoms with E-state index in [0.29, 0.717) is 6.10 Å². The van der Waals surface area contributed by atoms with Crippen LogP contribution in [-0.2, 0) is 4.74 Å². The lowest BCUT2D eigenvalue weighted by Crippen LogP contribution is -2.36. The third-order valence-corrected chi connectivity index (χ3v) is 4.26. The fourth-order valence-electron chi connectivity index (χ4n) is 2.40. The van der Waals surface area contributed by atoms with E-state index in [1.54, 1.807) is 14.0 Å². The van der Waals surface area contributed by atoms with E-state index in [1.165, 1.54) is 5.69 Å². The van der Waals surface area contributed by atoms with Crippen molar-refractivity contribution in [3.8, 4) is 0 Å². The number of rotatable bonds is 3. The lowest BCUT2D eigenvalue weighted by molar-refractivity contribution is 0.0819. The number of piperidine rings is 1. The Kier molecular flexibility index (Phi) is 4.65. The Labute approximate surface area is 117 Å². The Morgan fingerprint density at radius 2 is 2.06 bits per heavy atom.